The number of allylic oxidation sites excluding steroid dienone is 1. The first-order valence-corrected chi connectivity index (χ1v) is 10.2. The summed E-state index contributed by atoms with van der Waals surface area (Å²) in [5, 5.41) is 3.11. The van der Waals surface area contributed by atoms with Gasteiger partial charge < -0.3 is 15.0 Å². The number of carbonyl (C=O) groups is 1. The average molecular weight is 394 g/mol. The Labute approximate surface area is 174 Å². The van der Waals surface area contributed by atoms with Crippen LogP contribution in [0.25, 0.3) is 5.57 Å². The van der Waals surface area contributed by atoms with E-state index in [4.69, 9.17) is 4.74 Å². The van der Waals surface area contributed by atoms with Gasteiger partial charge in [0.05, 0.1) is 19.3 Å². The third-order valence-electron chi connectivity index (χ3n) is 5.33. The molecule has 5 nitrogen and oxygen atoms in total. The zero-order valence-electron chi connectivity index (χ0n) is 17.6. The van der Waals surface area contributed by atoms with Crippen LogP contribution in [-0.4, -0.2) is 57.8 Å². The molecule has 0 aromatic heterocycles. The third-order valence-corrected chi connectivity index (χ3v) is 5.33. The summed E-state index contributed by atoms with van der Waals surface area (Å²) < 4.78 is 5.52. The van der Waals surface area contributed by atoms with Gasteiger partial charge in [-0.05, 0) is 35.8 Å². The van der Waals surface area contributed by atoms with Crippen molar-refractivity contribution < 1.29 is 9.53 Å². The van der Waals surface area contributed by atoms with Crippen molar-refractivity contribution in [3.63, 3.8) is 0 Å². The molecule has 5 heteroatoms. The van der Waals surface area contributed by atoms with E-state index in [0.717, 1.165) is 37.4 Å². The van der Waals surface area contributed by atoms with Crippen LogP contribution in [0.2, 0.25) is 0 Å². The van der Waals surface area contributed by atoms with E-state index in [-0.39, 0.29) is 11.9 Å². The van der Waals surface area contributed by atoms with Crippen LogP contribution in [-0.2, 0) is 9.53 Å². The highest BCUT2D eigenvalue weighted by molar-refractivity contribution is 5.94. The summed E-state index contributed by atoms with van der Waals surface area (Å²) in [5.41, 5.74) is 4.40. The van der Waals surface area contributed by atoms with E-state index in [2.05, 4.69) is 39.4 Å². The standard InChI is InChI=1S/C24H31N3O2/c1-19(20-7-5-4-6-8-20)17-24(28)25-18-23(27-13-15-29-16-14-27)21-9-11-22(12-10-21)26(2)3/h4-12,17,23H,13-16,18H2,1-3H3,(H,25,28)/b19-17+. The van der Waals surface area contributed by atoms with E-state index >= 15 is 0 Å². The zero-order valence-corrected chi connectivity index (χ0v) is 17.6. The van der Waals surface area contributed by atoms with Crippen molar-refractivity contribution in [1.82, 2.24) is 10.2 Å². The number of nitrogens with one attached hydrogen (secondary N) is 1. The predicted molar refractivity (Wildman–Crippen MR) is 119 cm³/mol. The van der Waals surface area contributed by atoms with E-state index in [1.165, 1.54) is 11.3 Å². The van der Waals surface area contributed by atoms with Crippen LogP contribution in [0.3, 0.4) is 0 Å². The summed E-state index contributed by atoms with van der Waals surface area (Å²) in [6.45, 7) is 5.73. The molecule has 1 N–H and O–H groups in total. The van der Waals surface area contributed by atoms with Crippen molar-refractivity contribution in [3.05, 3.63) is 71.8 Å². The number of ether oxygens (including phenoxy) is 1. The lowest BCUT2D eigenvalue weighted by molar-refractivity contribution is -0.116. The van der Waals surface area contributed by atoms with E-state index < -0.39 is 0 Å². The van der Waals surface area contributed by atoms with Gasteiger partial charge in [-0.1, -0.05) is 42.5 Å². The number of hydrogen-bond acceptors (Lipinski definition) is 4. The molecule has 1 amide bonds. The molecule has 1 fully saturated rings. The van der Waals surface area contributed by atoms with Gasteiger partial charge in [0.2, 0.25) is 5.91 Å². The molecular formula is C24H31N3O2. The largest absolute Gasteiger partial charge is 0.379 e. The Morgan fingerprint density at radius 3 is 2.38 bits per heavy atom. The number of anilines is 1. The molecule has 0 spiro atoms. The van der Waals surface area contributed by atoms with Crippen molar-refractivity contribution >= 4 is 17.2 Å². The Balaban J connectivity index is 1.70. The van der Waals surface area contributed by atoms with Crippen molar-refractivity contribution in [2.45, 2.75) is 13.0 Å². The fraction of sp³-hybridized carbons (Fsp3) is 0.375. The second-order valence-electron chi connectivity index (χ2n) is 7.59. The minimum atomic E-state index is -0.0606. The summed E-state index contributed by atoms with van der Waals surface area (Å²) in [6.07, 6.45) is 1.68. The molecule has 0 saturated carbocycles. The Morgan fingerprint density at radius 1 is 1.10 bits per heavy atom. The molecule has 1 saturated heterocycles. The normalized spacial score (nSPS) is 16.3. The van der Waals surface area contributed by atoms with E-state index in [1.54, 1.807) is 6.08 Å². The van der Waals surface area contributed by atoms with Gasteiger partial charge in [0.1, 0.15) is 0 Å². The van der Waals surface area contributed by atoms with Crippen LogP contribution >= 0.6 is 0 Å². The number of hydrogen-bond donors (Lipinski definition) is 1. The van der Waals surface area contributed by atoms with Crippen LogP contribution in [0.4, 0.5) is 5.69 Å². The molecule has 154 valence electrons. The van der Waals surface area contributed by atoms with Gasteiger partial charge in [0, 0.05) is 45.5 Å². The number of carbonyl (C=O) groups excluding carboxylic acids is 1. The molecule has 29 heavy (non-hydrogen) atoms. The van der Waals surface area contributed by atoms with Crippen molar-refractivity contribution in [1.29, 1.82) is 0 Å². The van der Waals surface area contributed by atoms with Crippen LogP contribution in [0.5, 0.6) is 0 Å². The topological polar surface area (TPSA) is 44.8 Å². The monoisotopic (exact) mass is 393 g/mol. The van der Waals surface area contributed by atoms with Crippen LogP contribution in [0, 0.1) is 0 Å². The summed E-state index contributed by atoms with van der Waals surface area (Å²) >= 11 is 0. The maximum atomic E-state index is 12.6. The molecule has 2 aromatic carbocycles. The Hall–Kier alpha value is -2.63. The molecular weight excluding hydrogens is 362 g/mol. The van der Waals surface area contributed by atoms with Crippen molar-refractivity contribution in [3.8, 4) is 0 Å². The van der Waals surface area contributed by atoms with Gasteiger partial charge in [-0.25, -0.2) is 0 Å². The minimum absolute atomic E-state index is 0.0606. The number of amides is 1. The minimum Gasteiger partial charge on any atom is -0.379 e. The highest BCUT2D eigenvalue weighted by atomic mass is 16.5. The third kappa shape index (κ3) is 5.92. The number of rotatable bonds is 7. The quantitative estimate of drug-likeness (QED) is 0.733. The first-order chi connectivity index (χ1) is 14.0. The fourth-order valence-corrected chi connectivity index (χ4v) is 3.57. The molecule has 1 aliphatic heterocycles. The summed E-state index contributed by atoms with van der Waals surface area (Å²) in [6, 6.07) is 18.7. The van der Waals surface area contributed by atoms with Gasteiger partial charge in [-0.2, -0.15) is 0 Å². The maximum absolute atomic E-state index is 12.6. The van der Waals surface area contributed by atoms with Crippen LogP contribution < -0.4 is 10.2 Å². The van der Waals surface area contributed by atoms with Gasteiger partial charge in [0.15, 0.2) is 0 Å². The highest BCUT2D eigenvalue weighted by Crippen LogP contribution is 2.24. The first kappa shape index (κ1) is 21.1. The van der Waals surface area contributed by atoms with Crippen LogP contribution in [0.1, 0.15) is 24.1 Å². The second kappa shape index (κ2) is 10.2. The van der Waals surface area contributed by atoms with Crippen molar-refractivity contribution in [2.75, 3.05) is 51.8 Å². The number of benzene rings is 2. The smallest absolute Gasteiger partial charge is 0.244 e. The van der Waals surface area contributed by atoms with E-state index in [1.807, 2.05) is 51.4 Å². The Kier molecular flexibility index (Phi) is 7.44. The molecule has 3 rings (SSSR count). The maximum Gasteiger partial charge on any atom is 0.244 e. The highest BCUT2D eigenvalue weighted by Gasteiger charge is 2.23. The summed E-state index contributed by atoms with van der Waals surface area (Å²) in [7, 11) is 4.08. The molecule has 0 bridgehead atoms. The molecule has 0 radical (unpaired) electrons. The van der Waals surface area contributed by atoms with E-state index in [0.29, 0.717) is 6.54 Å². The fourth-order valence-electron chi connectivity index (χ4n) is 3.57. The summed E-state index contributed by atoms with van der Waals surface area (Å²) in [4.78, 5) is 17.0. The lowest BCUT2D eigenvalue weighted by Gasteiger charge is -2.35. The van der Waals surface area contributed by atoms with Gasteiger partial charge in [-0.15, -0.1) is 0 Å². The number of morpholine rings is 1. The molecule has 0 aliphatic carbocycles. The zero-order chi connectivity index (χ0) is 20.6. The van der Waals surface area contributed by atoms with Crippen LogP contribution in [0.15, 0.2) is 60.7 Å². The Bertz CT molecular complexity index is 810. The Morgan fingerprint density at radius 2 is 1.76 bits per heavy atom. The lowest BCUT2D eigenvalue weighted by Crippen LogP contribution is -2.43. The second-order valence-corrected chi connectivity index (χ2v) is 7.59. The summed E-state index contributed by atoms with van der Waals surface area (Å²) in [5.74, 6) is -0.0606. The van der Waals surface area contributed by atoms with Crippen molar-refractivity contribution in [2.24, 2.45) is 0 Å². The van der Waals surface area contributed by atoms with E-state index in [9.17, 15) is 4.79 Å². The number of nitrogens with zero attached hydrogens (tertiary/aromatic N) is 2. The molecule has 1 atom stereocenters. The first-order valence-electron chi connectivity index (χ1n) is 10.2. The SMILES string of the molecule is C/C(=C\C(=O)NCC(c1ccc(N(C)C)cc1)N1CCOCC1)c1ccccc1. The van der Waals surface area contributed by atoms with Gasteiger partial charge in [-0.3, -0.25) is 9.69 Å². The molecule has 1 heterocycles. The van der Waals surface area contributed by atoms with Gasteiger partial charge in [0.25, 0.3) is 0 Å². The molecule has 1 unspecified atom stereocenters. The van der Waals surface area contributed by atoms with Gasteiger partial charge >= 0.3 is 0 Å². The molecule has 2 aromatic rings. The lowest BCUT2D eigenvalue weighted by atomic mass is 10.0. The molecule has 1 aliphatic rings. The predicted octanol–water partition coefficient (Wildman–Crippen LogP) is 3.35. The average Bonchev–Trinajstić information content (AvgIpc) is 2.75.